The quantitative estimate of drug-likeness (QED) is 0.230. The molecule has 0 radical (unpaired) electrons. The van der Waals surface area contributed by atoms with E-state index in [4.69, 9.17) is 33.4 Å². The number of nitriles is 1. The molecule has 0 aliphatic carbocycles. The lowest BCUT2D eigenvalue weighted by molar-refractivity contribution is 0.198. The Kier molecular flexibility index (Phi) is 7.65. The summed E-state index contributed by atoms with van der Waals surface area (Å²) in [5.41, 5.74) is 6.80. The van der Waals surface area contributed by atoms with E-state index in [0.29, 0.717) is 21.5 Å². The zero-order valence-corrected chi connectivity index (χ0v) is 23.3. The van der Waals surface area contributed by atoms with Crippen molar-refractivity contribution in [1.29, 1.82) is 5.26 Å². The van der Waals surface area contributed by atoms with Crippen LogP contribution in [0.25, 0.3) is 22.5 Å². The van der Waals surface area contributed by atoms with Crippen LogP contribution in [0, 0.1) is 11.3 Å². The smallest absolute Gasteiger partial charge is 0.110 e. The van der Waals surface area contributed by atoms with E-state index in [9.17, 15) is 0 Å². The van der Waals surface area contributed by atoms with Gasteiger partial charge in [-0.25, -0.2) is 9.97 Å². The molecule has 5 aromatic rings. The fourth-order valence-corrected chi connectivity index (χ4v) is 5.56. The second-order valence-corrected chi connectivity index (χ2v) is 10.9. The molecule has 4 heterocycles. The summed E-state index contributed by atoms with van der Waals surface area (Å²) in [6.07, 6.45) is 9.43. The monoisotopic (exact) mass is 567 g/mol. The minimum Gasteiger partial charge on any atom is -0.341 e. The number of aromatic nitrogens is 5. The van der Waals surface area contributed by atoms with Gasteiger partial charge in [-0.2, -0.15) is 5.26 Å². The molecule has 1 aliphatic heterocycles. The van der Waals surface area contributed by atoms with Gasteiger partial charge in [-0.3, -0.25) is 9.88 Å². The Hall–Kier alpha value is -3.96. The Morgan fingerprint density at radius 2 is 1.68 bits per heavy atom. The van der Waals surface area contributed by atoms with Crippen LogP contribution in [0.4, 0.5) is 0 Å². The third kappa shape index (κ3) is 5.66. The van der Waals surface area contributed by atoms with E-state index in [1.54, 1.807) is 12.4 Å². The first-order valence-corrected chi connectivity index (χ1v) is 14.0. The summed E-state index contributed by atoms with van der Waals surface area (Å²) in [7, 11) is 0. The maximum Gasteiger partial charge on any atom is 0.110 e. The van der Waals surface area contributed by atoms with Crippen molar-refractivity contribution >= 4 is 23.2 Å². The highest BCUT2D eigenvalue weighted by Crippen LogP contribution is 2.36. The molecule has 6 rings (SSSR count). The van der Waals surface area contributed by atoms with Gasteiger partial charge in [-0.15, -0.1) is 0 Å². The molecule has 3 aromatic heterocycles. The summed E-state index contributed by atoms with van der Waals surface area (Å²) in [4.78, 5) is 19.8. The number of halogens is 2. The van der Waals surface area contributed by atoms with Gasteiger partial charge in [0.05, 0.1) is 45.1 Å². The Labute approximate surface area is 243 Å². The Morgan fingerprint density at radius 3 is 2.40 bits per heavy atom. The van der Waals surface area contributed by atoms with Gasteiger partial charge in [0.15, 0.2) is 0 Å². The number of piperidine rings is 1. The molecule has 1 N–H and O–H groups in total. The minimum absolute atomic E-state index is 0.330. The van der Waals surface area contributed by atoms with Crippen LogP contribution < -0.4 is 0 Å². The molecule has 0 bridgehead atoms. The molecular weight excluding hydrogens is 541 g/mol. The van der Waals surface area contributed by atoms with Crippen molar-refractivity contribution in [3.05, 3.63) is 112 Å². The SMILES string of the molecule is N#Cc1ccc(Cn2cncc2CN2CCC(c3nc(-c4ccc(Cl)c(Cl)c4)c(-c4ccncc4)[nH]3)CC2)cc1. The van der Waals surface area contributed by atoms with E-state index >= 15 is 0 Å². The highest BCUT2D eigenvalue weighted by Gasteiger charge is 2.26. The number of rotatable bonds is 7. The van der Waals surface area contributed by atoms with Crippen molar-refractivity contribution in [1.82, 2.24) is 29.4 Å². The molecule has 1 fully saturated rings. The van der Waals surface area contributed by atoms with Crippen molar-refractivity contribution in [2.24, 2.45) is 0 Å². The lowest BCUT2D eigenvalue weighted by Gasteiger charge is -2.31. The Bertz CT molecular complexity index is 1640. The van der Waals surface area contributed by atoms with Crippen molar-refractivity contribution in [3.8, 4) is 28.6 Å². The van der Waals surface area contributed by atoms with Gasteiger partial charge in [0.25, 0.3) is 0 Å². The third-order valence-corrected chi connectivity index (χ3v) is 8.22. The zero-order valence-electron chi connectivity index (χ0n) is 21.8. The maximum absolute atomic E-state index is 9.05. The molecule has 2 aromatic carbocycles. The van der Waals surface area contributed by atoms with Gasteiger partial charge in [0.1, 0.15) is 5.82 Å². The summed E-state index contributed by atoms with van der Waals surface area (Å²) < 4.78 is 2.19. The number of likely N-dealkylation sites (tertiary alicyclic amines) is 1. The largest absolute Gasteiger partial charge is 0.341 e. The molecule has 1 saturated heterocycles. The first kappa shape index (κ1) is 26.3. The average molecular weight is 569 g/mol. The zero-order chi connectivity index (χ0) is 27.5. The lowest BCUT2D eigenvalue weighted by Crippen LogP contribution is -2.33. The molecular formula is C31H27Cl2N7. The molecule has 7 nitrogen and oxygen atoms in total. The van der Waals surface area contributed by atoms with Crippen LogP contribution in [0.3, 0.4) is 0 Å². The van der Waals surface area contributed by atoms with Crippen LogP contribution in [0.1, 0.15) is 41.4 Å². The van der Waals surface area contributed by atoms with E-state index in [2.05, 4.69) is 30.5 Å². The molecule has 0 atom stereocenters. The van der Waals surface area contributed by atoms with Crippen LogP contribution in [0.2, 0.25) is 10.0 Å². The molecule has 200 valence electrons. The average Bonchev–Trinajstić information content (AvgIpc) is 3.63. The highest BCUT2D eigenvalue weighted by molar-refractivity contribution is 6.42. The van der Waals surface area contributed by atoms with Crippen LogP contribution >= 0.6 is 23.2 Å². The Balaban J connectivity index is 1.16. The second kappa shape index (κ2) is 11.6. The van der Waals surface area contributed by atoms with E-state index in [-0.39, 0.29) is 0 Å². The van der Waals surface area contributed by atoms with Crippen molar-refractivity contribution < 1.29 is 0 Å². The summed E-state index contributed by atoms with van der Waals surface area (Å²) in [6, 6.07) is 19.5. The summed E-state index contributed by atoms with van der Waals surface area (Å²) in [5.74, 6) is 1.33. The van der Waals surface area contributed by atoms with Gasteiger partial charge in [0, 0.05) is 48.7 Å². The van der Waals surface area contributed by atoms with Crippen LogP contribution in [0.5, 0.6) is 0 Å². The predicted octanol–water partition coefficient (Wildman–Crippen LogP) is 6.94. The Morgan fingerprint density at radius 1 is 0.900 bits per heavy atom. The normalized spacial score (nSPS) is 14.3. The molecule has 0 saturated carbocycles. The van der Waals surface area contributed by atoms with E-state index in [1.807, 2.05) is 67.1 Å². The van der Waals surface area contributed by atoms with Crippen molar-refractivity contribution in [3.63, 3.8) is 0 Å². The molecule has 0 amide bonds. The third-order valence-electron chi connectivity index (χ3n) is 7.48. The van der Waals surface area contributed by atoms with Crippen molar-refractivity contribution in [2.45, 2.75) is 31.8 Å². The minimum atomic E-state index is 0.330. The van der Waals surface area contributed by atoms with E-state index in [0.717, 1.165) is 72.9 Å². The van der Waals surface area contributed by atoms with E-state index < -0.39 is 0 Å². The second-order valence-electron chi connectivity index (χ2n) is 10.1. The number of hydrogen-bond acceptors (Lipinski definition) is 5. The van der Waals surface area contributed by atoms with Gasteiger partial charge < -0.3 is 9.55 Å². The standard InChI is InChI=1S/C31H27Cl2N7/c32-27-6-5-25(15-28(27)33)30-29(23-7-11-35-12-8-23)37-31(38-30)24-9-13-39(14-10-24)19-26-17-36-20-40(26)18-22-3-1-21(16-34)2-4-22/h1-8,11-12,15,17,20,24H,9-10,13-14,18-19H2,(H,37,38). The topological polar surface area (TPSA) is 86.4 Å². The fourth-order valence-electron chi connectivity index (χ4n) is 5.26. The van der Waals surface area contributed by atoms with Crippen LogP contribution in [-0.4, -0.2) is 42.5 Å². The molecule has 9 heteroatoms. The van der Waals surface area contributed by atoms with Crippen LogP contribution in [-0.2, 0) is 13.1 Å². The maximum atomic E-state index is 9.05. The number of pyridine rings is 1. The fraction of sp³-hybridized carbons (Fsp3) is 0.226. The summed E-state index contributed by atoms with van der Waals surface area (Å²) >= 11 is 12.5. The number of hydrogen-bond donors (Lipinski definition) is 1. The van der Waals surface area contributed by atoms with Crippen LogP contribution in [0.15, 0.2) is 79.5 Å². The van der Waals surface area contributed by atoms with E-state index in [1.165, 1.54) is 5.69 Å². The number of H-pyrrole nitrogens is 1. The summed E-state index contributed by atoms with van der Waals surface area (Å²) in [5, 5.41) is 10.1. The van der Waals surface area contributed by atoms with Gasteiger partial charge in [0.2, 0.25) is 0 Å². The highest BCUT2D eigenvalue weighted by atomic mass is 35.5. The summed E-state index contributed by atoms with van der Waals surface area (Å²) in [6.45, 7) is 3.53. The first-order chi connectivity index (χ1) is 19.6. The molecule has 0 spiro atoms. The number of nitrogens with one attached hydrogen (secondary N) is 1. The number of aromatic amines is 1. The predicted molar refractivity (Wildman–Crippen MR) is 157 cm³/mol. The molecule has 0 unspecified atom stereocenters. The van der Waals surface area contributed by atoms with Gasteiger partial charge in [-0.05, 0) is 67.9 Å². The first-order valence-electron chi connectivity index (χ1n) is 13.2. The molecule has 1 aliphatic rings. The van der Waals surface area contributed by atoms with Gasteiger partial charge >= 0.3 is 0 Å². The molecule has 40 heavy (non-hydrogen) atoms. The van der Waals surface area contributed by atoms with Gasteiger partial charge in [-0.1, -0.05) is 41.4 Å². The number of benzene rings is 2. The van der Waals surface area contributed by atoms with Crippen molar-refractivity contribution in [2.75, 3.05) is 13.1 Å². The number of imidazole rings is 2. The number of nitrogens with zero attached hydrogens (tertiary/aromatic N) is 6. The lowest BCUT2D eigenvalue weighted by atomic mass is 9.96.